The summed E-state index contributed by atoms with van der Waals surface area (Å²) < 4.78 is 31.8. The second-order valence-corrected chi connectivity index (χ2v) is 13.4. The number of rotatable bonds is 5. The summed E-state index contributed by atoms with van der Waals surface area (Å²) in [6.45, 7) is 10.2. The highest BCUT2D eigenvalue weighted by atomic mass is 16.7. The first-order valence-corrected chi connectivity index (χ1v) is 14.9. The summed E-state index contributed by atoms with van der Waals surface area (Å²) in [5, 5.41) is 35.9. The van der Waals surface area contributed by atoms with E-state index in [9.17, 15) is 24.9 Å². The second-order valence-electron chi connectivity index (χ2n) is 13.4. The minimum absolute atomic E-state index is 0.0227. The molecule has 1 unspecified atom stereocenters. The third-order valence-corrected chi connectivity index (χ3v) is 10.9. The van der Waals surface area contributed by atoms with Gasteiger partial charge >= 0.3 is 11.9 Å². The number of hydrogen-bond donors (Lipinski definition) is 3. The Morgan fingerprint density at radius 2 is 1.81 bits per heavy atom. The average molecular weight is 587 g/mol. The highest BCUT2D eigenvalue weighted by Crippen LogP contribution is 2.69. The van der Waals surface area contributed by atoms with E-state index in [0.29, 0.717) is 29.6 Å². The van der Waals surface area contributed by atoms with Crippen molar-refractivity contribution in [3.05, 3.63) is 47.0 Å². The normalized spacial score (nSPS) is 44.2. The van der Waals surface area contributed by atoms with Crippen LogP contribution < -0.4 is 0 Å². The first-order valence-electron chi connectivity index (χ1n) is 14.9. The van der Waals surface area contributed by atoms with Gasteiger partial charge < -0.3 is 39.0 Å². The van der Waals surface area contributed by atoms with Gasteiger partial charge in [-0.1, -0.05) is 32.0 Å². The van der Waals surface area contributed by atoms with E-state index >= 15 is 0 Å². The number of esters is 2. The summed E-state index contributed by atoms with van der Waals surface area (Å²) in [6, 6.07) is 8.52. The van der Waals surface area contributed by atoms with Crippen molar-refractivity contribution >= 4 is 11.9 Å². The lowest BCUT2D eigenvalue weighted by Gasteiger charge is -2.67. The molecule has 6 rings (SSSR count). The summed E-state index contributed by atoms with van der Waals surface area (Å²) in [7, 11) is 0. The zero-order valence-corrected chi connectivity index (χ0v) is 25.0. The Bertz CT molecular complexity index is 1290. The molecule has 11 atom stereocenters. The Hall–Kier alpha value is -2.34. The predicted octanol–water partition coefficient (Wildman–Crippen LogP) is 2.67. The van der Waals surface area contributed by atoms with Crippen molar-refractivity contribution in [3.8, 4) is 0 Å². The Labute approximate surface area is 245 Å². The first-order chi connectivity index (χ1) is 19.7. The maximum atomic E-state index is 13.9. The number of aliphatic hydroxyl groups is 3. The van der Waals surface area contributed by atoms with Gasteiger partial charge in [-0.2, -0.15) is 0 Å². The molecule has 0 bridgehead atoms. The zero-order chi connectivity index (χ0) is 30.4. The van der Waals surface area contributed by atoms with Crippen molar-refractivity contribution < 1.29 is 48.6 Å². The lowest BCUT2D eigenvalue weighted by atomic mass is 9.49. The van der Waals surface area contributed by atoms with Crippen molar-refractivity contribution in [2.75, 3.05) is 6.61 Å². The van der Waals surface area contributed by atoms with E-state index in [2.05, 4.69) is 0 Å². The summed E-state index contributed by atoms with van der Waals surface area (Å²) in [5.41, 5.74) is -4.25. The van der Waals surface area contributed by atoms with Gasteiger partial charge in [0.05, 0.1) is 47.4 Å². The van der Waals surface area contributed by atoms with Crippen molar-refractivity contribution in [2.24, 2.45) is 16.7 Å². The summed E-state index contributed by atoms with van der Waals surface area (Å²) in [5.74, 6) is -2.02. The van der Waals surface area contributed by atoms with Crippen LogP contribution in [0.3, 0.4) is 0 Å². The van der Waals surface area contributed by atoms with Gasteiger partial charge in [0.2, 0.25) is 0 Å². The molecule has 3 N–H and O–H groups in total. The molecular weight excluding hydrogens is 544 g/mol. The zero-order valence-electron chi connectivity index (χ0n) is 25.0. The Morgan fingerprint density at radius 1 is 1.12 bits per heavy atom. The van der Waals surface area contributed by atoms with Crippen LogP contribution in [0.25, 0.3) is 0 Å². The molecule has 1 aromatic rings. The van der Waals surface area contributed by atoms with E-state index in [4.69, 9.17) is 23.7 Å². The molecule has 5 aliphatic rings. The molecular formula is C32H42O10. The number of carbonyl (C=O) groups excluding carboxylic acids is 2. The van der Waals surface area contributed by atoms with Gasteiger partial charge in [-0.25, -0.2) is 4.79 Å². The molecule has 4 fully saturated rings. The van der Waals surface area contributed by atoms with Crippen LogP contribution in [0.1, 0.15) is 71.2 Å². The van der Waals surface area contributed by atoms with Gasteiger partial charge in [0.25, 0.3) is 0 Å². The van der Waals surface area contributed by atoms with Crippen LogP contribution >= 0.6 is 0 Å². The monoisotopic (exact) mass is 586 g/mol. The van der Waals surface area contributed by atoms with Crippen molar-refractivity contribution in [1.29, 1.82) is 0 Å². The van der Waals surface area contributed by atoms with Gasteiger partial charge in [-0.3, -0.25) is 4.79 Å². The SMILES string of the molecule is CCC1O[C@H]2C[C@H]3OC[C@@]3(OC(C)=O)[C@H]3[C@H](OC(=O)c4ccccc4)[C@]4(C(C)(C)O)C[C@H](O)C(C)=C4[C@H](O)[C@H](O1)[C@]23C. The molecule has 0 radical (unpaired) electrons. The Balaban J connectivity index is 1.66. The first kappa shape index (κ1) is 29.7. The quantitative estimate of drug-likeness (QED) is 0.348. The Morgan fingerprint density at radius 3 is 2.38 bits per heavy atom. The van der Waals surface area contributed by atoms with Gasteiger partial charge in [0, 0.05) is 18.8 Å². The highest BCUT2D eigenvalue weighted by Gasteiger charge is 2.80. The van der Waals surface area contributed by atoms with Gasteiger partial charge in [0.1, 0.15) is 18.3 Å². The minimum Gasteiger partial charge on any atom is -0.457 e. The lowest BCUT2D eigenvalue weighted by Crippen LogP contribution is -2.80. The molecule has 10 nitrogen and oxygen atoms in total. The van der Waals surface area contributed by atoms with Crippen LogP contribution in [0.2, 0.25) is 0 Å². The largest absolute Gasteiger partial charge is 0.457 e. The third-order valence-electron chi connectivity index (χ3n) is 10.9. The molecule has 0 amide bonds. The number of aliphatic hydroxyl groups excluding tert-OH is 2. The van der Waals surface area contributed by atoms with Crippen LogP contribution in [-0.4, -0.2) is 88.0 Å². The summed E-state index contributed by atoms with van der Waals surface area (Å²) in [6.07, 6.45) is -5.24. The van der Waals surface area contributed by atoms with Crippen molar-refractivity contribution in [3.63, 3.8) is 0 Å². The number of benzene rings is 1. The molecule has 42 heavy (non-hydrogen) atoms. The molecule has 10 heteroatoms. The molecule has 0 aromatic heterocycles. The van der Waals surface area contributed by atoms with Crippen molar-refractivity contribution in [2.45, 2.75) is 115 Å². The number of fused-ring (bicyclic) bond motifs is 3. The van der Waals surface area contributed by atoms with Crippen LogP contribution in [0.5, 0.6) is 0 Å². The fraction of sp³-hybridized carbons (Fsp3) is 0.688. The molecule has 1 aromatic carbocycles. The maximum absolute atomic E-state index is 13.9. The van der Waals surface area contributed by atoms with Gasteiger partial charge in [0.15, 0.2) is 11.9 Å². The van der Waals surface area contributed by atoms with Crippen LogP contribution in [0, 0.1) is 16.7 Å². The van der Waals surface area contributed by atoms with Crippen molar-refractivity contribution in [1.82, 2.24) is 0 Å². The maximum Gasteiger partial charge on any atom is 0.338 e. The fourth-order valence-corrected chi connectivity index (χ4v) is 8.96. The minimum atomic E-state index is -1.62. The number of hydrogen-bond acceptors (Lipinski definition) is 10. The third kappa shape index (κ3) is 3.85. The molecule has 3 aliphatic carbocycles. The molecule has 230 valence electrons. The second kappa shape index (κ2) is 9.84. The average Bonchev–Trinajstić information content (AvgIpc) is 3.17. The summed E-state index contributed by atoms with van der Waals surface area (Å²) >= 11 is 0. The standard InChI is InChI=1S/C32H42O10/c1-7-22-39-20-13-21-32(15-38-21,42-17(3)33)25-27(41-28(36)18-11-9-8-10-12-18)31(29(4,5)37)14-19(34)16(2)23(31)24(35)26(40-22)30(20,25)6/h8-12,19-22,24-27,34-35,37H,7,13-15H2,1-6H3/t19-,20-,21+,22?,24-,25-,26-,27-,30+,31-,32-/m0/s1. The van der Waals surface area contributed by atoms with E-state index in [1.807, 2.05) is 13.8 Å². The van der Waals surface area contributed by atoms with E-state index in [1.54, 1.807) is 51.1 Å². The van der Waals surface area contributed by atoms with Crippen LogP contribution in [0.4, 0.5) is 0 Å². The summed E-state index contributed by atoms with van der Waals surface area (Å²) in [4.78, 5) is 26.7. The van der Waals surface area contributed by atoms with Gasteiger partial charge in [-0.05, 0) is 56.9 Å². The van der Waals surface area contributed by atoms with Crippen LogP contribution in [-0.2, 0) is 28.5 Å². The predicted molar refractivity (Wildman–Crippen MR) is 148 cm³/mol. The molecule has 2 saturated carbocycles. The van der Waals surface area contributed by atoms with E-state index < -0.39 is 82.8 Å². The van der Waals surface area contributed by atoms with Gasteiger partial charge in [-0.15, -0.1) is 0 Å². The number of ether oxygens (including phenoxy) is 5. The Kier molecular flexibility index (Phi) is 6.96. The molecule has 2 aliphatic heterocycles. The van der Waals surface area contributed by atoms with E-state index in [-0.39, 0.29) is 13.0 Å². The highest BCUT2D eigenvalue weighted by molar-refractivity contribution is 5.89. The fourth-order valence-electron chi connectivity index (χ4n) is 8.96. The van der Waals surface area contributed by atoms with E-state index in [0.717, 1.165) is 0 Å². The number of carbonyl (C=O) groups is 2. The molecule has 2 heterocycles. The molecule has 2 saturated heterocycles. The van der Waals surface area contributed by atoms with Crippen LogP contribution in [0.15, 0.2) is 41.5 Å². The topological polar surface area (TPSA) is 141 Å². The van der Waals surface area contributed by atoms with E-state index in [1.165, 1.54) is 6.92 Å². The lowest BCUT2D eigenvalue weighted by molar-refractivity contribution is -0.399. The molecule has 0 spiro atoms. The smallest absolute Gasteiger partial charge is 0.338 e.